The van der Waals surface area contributed by atoms with Gasteiger partial charge in [0.05, 0.1) is 10.9 Å². The highest BCUT2D eigenvalue weighted by Gasteiger charge is 2.22. The van der Waals surface area contributed by atoms with Crippen LogP contribution in [0.3, 0.4) is 0 Å². The Morgan fingerprint density at radius 3 is 2.26 bits per heavy atom. The topological polar surface area (TPSA) is 83.5 Å². The number of carbonyl (C=O) groups excluding carboxylic acids is 1. The molecule has 0 aliphatic rings. The van der Waals surface area contributed by atoms with E-state index in [1.807, 2.05) is 0 Å². The van der Waals surface area contributed by atoms with Crippen LogP contribution in [0.5, 0.6) is 0 Å². The van der Waals surface area contributed by atoms with E-state index in [9.17, 15) is 22.7 Å². The van der Waals surface area contributed by atoms with Crippen LogP contribution in [0.4, 0.5) is 4.39 Å². The van der Waals surface area contributed by atoms with Crippen molar-refractivity contribution < 1.29 is 22.7 Å². The van der Waals surface area contributed by atoms with Gasteiger partial charge in [0.1, 0.15) is 12.8 Å². The molecular weight excluding hydrogens is 273 g/mol. The van der Waals surface area contributed by atoms with Crippen LogP contribution in [0.25, 0.3) is 0 Å². The second-order valence-electron chi connectivity index (χ2n) is 4.25. The predicted octanol–water partition coefficient (Wildman–Crippen LogP) is 0.598. The lowest BCUT2D eigenvalue weighted by Gasteiger charge is -2.21. The first-order chi connectivity index (χ1) is 8.75. The minimum Gasteiger partial charge on any atom is -0.386 e. The Hall–Kier alpha value is -1.47. The molecule has 106 valence electrons. The molecule has 0 aromatic heterocycles. The van der Waals surface area contributed by atoms with Crippen LogP contribution in [0.2, 0.25) is 0 Å². The van der Waals surface area contributed by atoms with E-state index < -0.39 is 34.6 Å². The average Bonchev–Trinajstić information content (AvgIpc) is 2.34. The third-order valence-corrected chi connectivity index (χ3v) is 3.71. The maximum Gasteiger partial charge on any atom is 0.217 e. The van der Waals surface area contributed by atoms with Crippen molar-refractivity contribution in [3.05, 3.63) is 29.8 Å². The van der Waals surface area contributed by atoms with E-state index >= 15 is 0 Å². The summed E-state index contributed by atoms with van der Waals surface area (Å²) in [5.74, 6) is -0.450. The van der Waals surface area contributed by atoms with E-state index in [4.69, 9.17) is 0 Å². The number of amides is 1. The van der Waals surface area contributed by atoms with Gasteiger partial charge in [-0.3, -0.25) is 4.79 Å². The number of aliphatic hydroxyl groups is 1. The summed E-state index contributed by atoms with van der Waals surface area (Å²) >= 11 is 0. The summed E-state index contributed by atoms with van der Waals surface area (Å²) in [4.78, 5) is 11.0. The Bertz CT molecular complexity index is 541. The highest BCUT2D eigenvalue weighted by molar-refractivity contribution is 7.90. The molecule has 2 unspecified atom stereocenters. The van der Waals surface area contributed by atoms with Crippen molar-refractivity contribution in [2.75, 3.05) is 12.9 Å². The van der Waals surface area contributed by atoms with Crippen molar-refractivity contribution in [3.8, 4) is 0 Å². The van der Waals surface area contributed by atoms with E-state index in [1.165, 1.54) is 31.2 Å². The van der Waals surface area contributed by atoms with E-state index in [-0.39, 0.29) is 4.90 Å². The van der Waals surface area contributed by atoms with Crippen molar-refractivity contribution in [2.45, 2.75) is 24.0 Å². The van der Waals surface area contributed by atoms with Crippen molar-refractivity contribution in [1.29, 1.82) is 0 Å². The number of hydrogen-bond donors (Lipinski definition) is 2. The van der Waals surface area contributed by atoms with Crippen LogP contribution < -0.4 is 5.32 Å². The molecule has 0 heterocycles. The molecule has 0 spiro atoms. The molecule has 0 saturated heterocycles. The van der Waals surface area contributed by atoms with Gasteiger partial charge in [0.2, 0.25) is 5.91 Å². The largest absolute Gasteiger partial charge is 0.386 e. The molecule has 0 bridgehead atoms. The first-order valence-electron chi connectivity index (χ1n) is 5.57. The number of nitrogens with one attached hydrogen (secondary N) is 1. The fourth-order valence-corrected chi connectivity index (χ4v) is 2.24. The molecule has 2 atom stereocenters. The molecule has 1 amide bonds. The molecule has 5 nitrogen and oxygen atoms in total. The van der Waals surface area contributed by atoms with Crippen LogP contribution >= 0.6 is 0 Å². The molecule has 19 heavy (non-hydrogen) atoms. The number of aliphatic hydroxyl groups excluding tert-OH is 1. The number of rotatable bonds is 5. The SMILES string of the molecule is CC(=O)NC(CF)C(O)c1ccc(S(C)(=O)=O)cc1. The quantitative estimate of drug-likeness (QED) is 0.831. The maximum atomic E-state index is 12.8. The number of alkyl halides is 1. The van der Waals surface area contributed by atoms with Crippen LogP contribution in [-0.2, 0) is 14.6 Å². The van der Waals surface area contributed by atoms with Gasteiger partial charge in [0.25, 0.3) is 0 Å². The van der Waals surface area contributed by atoms with Crippen molar-refractivity contribution in [2.24, 2.45) is 0 Å². The monoisotopic (exact) mass is 289 g/mol. The molecule has 0 fully saturated rings. The van der Waals surface area contributed by atoms with Gasteiger partial charge < -0.3 is 10.4 Å². The van der Waals surface area contributed by atoms with Gasteiger partial charge in [0, 0.05) is 13.2 Å². The molecule has 0 saturated carbocycles. The van der Waals surface area contributed by atoms with Crippen molar-refractivity contribution in [3.63, 3.8) is 0 Å². The molecule has 0 aliphatic carbocycles. The molecule has 7 heteroatoms. The van der Waals surface area contributed by atoms with Gasteiger partial charge in [0.15, 0.2) is 9.84 Å². The zero-order valence-corrected chi connectivity index (χ0v) is 11.4. The Morgan fingerprint density at radius 1 is 1.37 bits per heavy atom. The summed E-state index contributed by atoms with van der Waals surface area (Å²) < 4.78 is 35.3. The zero-order chi connectivity index (χ0) is 14.6. The Morgan fingerprint density at radius 2 is 1.89 bits per heavy atom. The molecule has 1 aromatic carbocycles. The third kappa shape index (κ3) is 4.29. The fourth-order valence-electron chi connectivity index (χ4n) is 1.61. The predicted molar refractivity (Wildman–Crippen MR) is 68.1 cm³/mol. The summed E-state index contributed by atoms with van der Waals surface area (Å²) in [5, 5.41) is 12.2. The summed E-state index contributed by atoms with van der Waals surface area (Å²) in [6, 6.07) is 4.40. The van der Waals surface area contributed by atoms with E-state index in [2.05, 4.69) is 5.32 Å². The average molecular weight is 289 g/mol. The summed E-state index contributed by atoms with van der Waals surface area (Å²) in [5.41, 5.74) is 0.337. The van der Waals surface area contributed by atoms with Crippen molar-refractivity contribution in [1.82, 2.24) is 5.32 Å². The molecule has 0 radical (unpaired) electrons. The van der Waals surface area contributed by atoms with Crippen LogP contribution in [0.1, 0.15) is 18.6 Å². The fraction of sp³-hybridized carbons (Fsp3) is 0.417. The standard InChI is InChI=1S/C12H16FNO4S/c1-8(15)14-11(7-13)12(16)9-3-5-10(6-4-9)19(2,17)18/h3-6,11-12,16H,7H2,1-2H3,(H,14,15). The Kier molecular flexibility index (Phi) is 5.02. The lowest BCUT2D eigenvalue weighted by Crippen LogP contribution is -2.39. The van der Waals surface area contributed by atoms with Gasteiger partial charge in [-0.1, -0.05) is 12.1 Å². The molecule has 1 rings (SSSR count). The van der Waals surface area contributed by atoms with Crippen LogP contribution in [0, 0.1) is 0 Å². The van der Waals surface area contributed by atoms with E-state index in [1.54, 1.807) is 0 Å². The number of sulfone groups is 1. The minimum atomic E-state index is -3.32. The van der Waals surface area contributed by atoms with Gasteiger partial charge >= 0.3 is 0 Å². The number of carbonyl (C=O) groups is 1. The normalized spacial score (nSPS) is 14.7. The first-order valence-corrected chi connectivity index (χ1v) is 7.46. The molecule has 2 N–H and O–H groups in total. The lowest BCUT2D eigenvalue weighted by atomic mass is 10.0. The second-order valence-corrected chi connectivity index (χ2v) is 6.26. The van der Waals surface area contributed by atoms with E-state index in [0.717, 1.165) is 6.26 Å². The number of hydrogen-bond acceptors (Lipinski definition) is 4. The van der Waals surface area contributed by atoms with Crippen LogP contribution in [0.15, 0.2) is 29.2 Å². The third-order valence-electron chi connectivity index (χ3n) is 2.59. The molecule has 0 aliphatic heterocycles. The summed E-state index contributed by atoms with van der Waals surface area (Å²) in [7, 11) is -3.32. The highest BCUT2D eigenvalue weighted by atomic mass is 32.2. The number of halogens is 1. The van der Waals surface area contributed by atoms with Gasteiger partial charge in [-0.2, -0.15) is 0 Å². The van der Waals surface area contributed by atoms with Crippen LogP contribution in [-0.4, -0.2) is 38.4 Å². The second kappa shape index (κ2) is 6.12. The number of benzene rings is 1. The maximum absolute atomic E-state index is 12.8. The lowest BCUT2D eigenvalue weighted by molar-refractivity contribution is -0.120. The highest BCUT2D eigenvalue weighted by Crippen LogP contribution is 2.19. The smallest absolute Gasteiger partial charge is 0.217 e. The van der Waals surface area contributed by atoms with Gasteiger partial charge in [-0.05, 0) is 17.7 Å². The van der Waals surface area contributed by atoms with Gasteiger partial charge in [-0.15, -0.1) is 0 Å². The van der Waals surface area contributed by atoms with E-state index in [0.29, 0.717) is 5.56 Å². The first kappa shape index (κ1) is 15.6. The molecular formula is C12H16FNO4S. The summed E-state index contributed by atoms with van der Waals surface area (Å²) in [6.45, 7) is 0.302. The minimum absolute atomic E-state index is 0.111. The van der Waals surface area contributed by atoms with Gasteiger partial charge in [-0.25, -0.2) is 12.8 Å². The Labute approximate surface area is 111 Å². The molecule has 1 aromatic rings. The Balaban J connectivity index is 2.93. The summed E-state index contributed by atoms with van der Waals surface area (Å²) in [6.07, 6.45) is -0.164. The van der Waals surface area contributed by atoms with Crippen molar-refractivity contribution >= 4 is 15.7 Å². The zero-order valence-electron chi connectivity index (χ0n) is 10.6.